The molecule has 0 aromatic carbocycles. The first kappa shape index (κ1) is 17.7. The predicted octanol–water partition coefficient (Wildman–Crippen LogP) is 1.97. The first-order valence-corrected chi connectivity index (χ1v) is 8.63. The molecule has 22 heavy (non-hydrogen) atoms. The van der Waals surface area contributed by atoms with Gasteiger partial charge in [-0.15, -0.1) is 24.0 Å². The number of aliphatic imine (C=N–C) groups is 1. The molecule has 1 aromatic rings. The van der Waals surface area contributed by atoms with Crippen LogP contribution >= 0.6 is 35.5 Å². The quantitative estimate of drug-likeness (QED) is 0.446. The van der Waals surface area contributed by atoms with Gasteiger partial charge in [0.05, 0.1) is 0 Å². The molecular formula is C14H25IN6S. The van der Waals surface area contributed by atoms with Gasteiger partial charge in [-0.2, -0.15) is 4.37 Å². The Labute approximate surface area is 153 Å². The number of halogens is 1. The Bertz CT molecular complexity index is 493. The van der Waals surface area contributed by atoms with Gasteiger partial charge in [0, 0.05) is 57.2 Å². The van der Waals surface area contributed by atoms with E-state index in [0.29, 0.717) is 6.04 Å². The minimum Gasteiger partial charge on any atom is -0.354 e. The summed E-state index contributed by atoms with van der Waals surface area (Å²) in [5.41, 5.74) is 0. The summed E-state index contributed by atoms with van der Waals surface area (Å²) in [5.74, 6) is 2.02. The Kier molecular flexibility index (Phi) is 6.66. The molecule has 3 rings (SSSR count). The molecule has 1 saturated heterocycles. The Balaban J connectivity index is 0.00000176. The molecule has 1 N–H and O–H groups in total. The van der Waals surface area contributed by atoms with Crippen LogP contribution in [0.2, 0.25) is 0 Å². The minimum atomic E-state index is 0. The Hall–Kier alpha value is -0.640. The molecule has 0 amide bonds. The number of anilines is 1. The van der Waals surface area contributed by atoms with E-state index in [1.165, 1.54) is 30.8 Å². The van der Waals surface area contributed by atoms with E-state index in [0.717, 1.165) is 49.5 Å². The number of nitrogens with zero attached hydrogens (tertiary/aromatic N) is 5. The van der Waals surface area contributed by atoms with Crippen molar-refractivity contribution in [3.05, 3.63) is 5.82 Å². The third-order valence-electron chi connectivity index (χ3n) is 4.27. The van der Waals surface area contributed by atoms with Crippen LogP contribution in [-0.4, -0.2) is 59.5 Å². The first-order chi connectivity index (χ1) is 10.3. The van der Waals surface area contributed by atoms with Crippen molar-refractivity contribution in [2.75, 3.05) is 38.1 Å². The smallest absolute Gasteiger partial charge is 0.205 e. The van der Waals surface area contributed by atoms with Gasteiger partial charge in [-0.05, 0) is 19.3 Å². The van der Waals surface area contributed by atoms with Crippen molar-refractivity contribution in [3.63, 3.8) is 0 Å². The fourth-order valence-electron chi connectivity index (χ4n) is 2.66. The summed E-state index contributed by atoms with van der Waals surface area (Å²) in [6, 6.07) is 0.636. The van der Waals surface area contributed by atoms with Crippen LogP contribution < -0.4 is 10.2 Å². The minimum absolute atomic E-state index is 0. The maximum Gasteiger partial charge on any atom is 0.205 e. The molecule has 0 bridgehead atoms. The lowest BCUT2D eigenvalue weighted by atomic mass is 9.93. The number of aromatic nitrogens is 2. The number of guanidine groups is 1. The topological polar surface area (TPSA) is 56.7 Å². The molecule has 0 atom stereocenters. The van der Waals surface area contributed by atoms with Crippen LogP contribution in [0.15, 0.2) is 4.99 Å². The molecule has 0 unspecified atom stereocenters. The molecule has 2 fully saturated rings. The lowest BCUT2D eigenvalue weighted by Crippen LogP contribution is -2.55. The highest BCUT2D eigenvalue weighted by Crippen LogP contribution is 2.21. The van der Waals surface area contributed by atoms with Gasteiger partial charge < -0.3 is 15.1 Å². The van der Waals surface area contributed by atoms with Crippen molar-refractivity contribution in [1.82, 2.24) is 19.6 Å². The van der Waals surface area contributed by atoms with E-state index in [2.05, 4.69) is 36.4 Å². The van der Waals surface area contributed by atoms with Crippen LogP contribution in [0.4, 0.5) is 5.13 Å². The van der Waals surface area contributed by atoms with Crippen molar-refractivity contribution in [2.45, 2.75) is 38.6 Å². The van der Waals surface area contributed by atoms with Crippen LogP contribution in [0.1, 0.15) is 32.0 Å². The molecule has 124 valence electrons. The Morgan fingerprint density at radius 1 is 1.32 bits per heavy atom. The molecule has 0 spiro atoms. The average molecular weight is 436 g/mol. The molecule has 1 aliphatic heterocycles. The molecule has 2 heterocycles. The van der Waals surface area contributed by atoms with Gasteiger partial charge in [0.2, 0.25) is 5.13 Å². The lowest BCUT2D eigenvalue weighted by molar-refractivity contribution is 0.332. The summed E-state index contributed by atoms with van der Waals surface area (Å²) >= 11 is 1.52. The third kappa shape index (κ3) is 4.01. The zero-order chi connectivity index (χ0) is 14.7. The van der Waals surface area contributed by atoms with E-state index in [-0.39, 0.29) is 24.0 Å². The van der Waals surface area contributed by atoms with Crippen LogP contribution in [0.5, 0.6) is 0 Å². The highest BCUT2D eigenvalue weighted by molar-refractivity contribution is 14.0. The van der Waals surface area contributed by atoms with Crippen LogP contribution in [-0.2, 0) is 6.42 Å². The third-order valence-corrected chi connectivity index (χ3v) is 5.09. The normalized spacial score (nSPS) is 19.6. The van der Waals surface area contributed by atoms with E-state index in [1.807, 2.05) is 7.05 Å². The second kappa shape index (κ2) is 8.28. The van der Waals surface area contributed by atoms with Crippen molar-refractivity contribution in [1.29, 1.82) is 0 Å². The van der Waals surface area contributed by atoms with Gasteiger partial charge >= 0.3 is 0 Å². The van der Waals surface area contributed by atoms with E-state index >= 15 is 0 Å². The number of nitrogens with one attached hydrogen (secondary N) is 1. The standard InChI is InChI=1S/C14H24N6S.HI/c1-3-12-17-14(21-18-12)20-9-7-19(8-10-20)13(15-2)16-11-5-4-6-11;/h11H,3-10H2,1-2H3,(H,15,16);1H. The van der Waals surface area contributed by atoms with Gasteiger partial charge in [0.25, 0.3) is 0 Å². The zero-order valence-corrected chi connectivity index (χ0v) is 16.4. The summed E-state index contributed by atoms with van der Waals surface area (Å²) in [4.78, 5) is 13.7. The highest BCUT2D eigenvalue weighted by atomic mass is 127. The molecule has 1 saturated carbocycles. The Morgan fingerprint density at radius 2 is 2.05 bits per heavy atom. The molecule has 8 heteroatoms. The van der Waals surface area contributed by atoms with Gasteiger partial charge in [-0.25, -0.2) is 4.98 Å². The molecular weight excluding hydrogens is 411 g/mol. The van der Waals surface area contributed by atoms with Crippen molar-refractivity contribution in [2.24, 2.45) is 4.99 Å². The number of hydrogen-bond acceptors (Lipinski definition) is 5. The summed E-state index contributed by atoms with van der Waals surface area (Å²) in [7, 11) is 1.88. The molecule has 1 aromatic heterocycles. The second-order valence-corrected chi connectivity index (χ2v) is 6.37. The van der Waals surface area contributed by atoms with Crippen molar-refractivity contribution >= 4 is 46.6 Å². The van der Waals surface area contributed by atoms with Gasteiger partial charge in [-0.1, -0.05) is 6.92 Å². The SMILES string of the molecule is CCc1nsc(N2CCN(C(=NC)NC3CCC3)CC2)n1.I. The molecule has 2 aliphatic rings. The molecule has 1 aliphatic carbocycles. The zero-order valence-electron chi connectivity index (χ0n) is 13.3. The van der Waals surface area contributed by atoms with Gasteiger partial charge in [0.1, 0.15) is 5.82 Å². The van der Waals surface area contributed by atoms with Crippen LogP contribution in [0, 0.1) is 0 Å². The van der Waals surface area contributed by atoms with Crippen LogP contribution in [0.25, 0.3) is 0 Å². The average Bonchev–Trinajstić information content (AvgIpc) is 2.96. The molecule has 0 radical (unpaired) electrons. The van der Waals surface area contributed by atoms with Crippen molar-refractivity contribution in [3.8, 4) is 0 Å². The van der Waals surface area contributed by atoms with Crippen molar-refractivity contribution < 1.29 is 0 Å². The maximum absolute atomic E-state index is 4.58. The van der Waals surface area contributed by atoms with Crippen LogP contribution in [0.3, 0.4) is 0 Å². The summed E-state index contributed by atoms with van der Waals surface area (Å²) in [5, 5.41) is 4.64. The largest absolute Gasteiger partial charge is 0.354 e. The Morgan fingerprint density at radius 3 is 2.55 bits per heavy atom. The van der Waals surface area contributed by atoms with E-state index in [1.54, 1.807) is 0 Å². The number of aryl methyl sites for hydroxylation is 1. The van der Waals surface area contributed by atoms with Gasteiger partial charge in [0.15, 0.2) is 5.96 Å². The van der Waals surface area contributed by atoms with Gasteiger partial charge in [-0.3, -0.25) is 4.99 Å². The predicted molar refractivity (Wildman–Crippen MR) is 103 cm³/mol. The highest BCUT2D eigenvalue weighted by Gasteiger charge is 2.25. The van der Waals surface area contributed by atoms with E-state index < -0.39 is 0 Å². The maximum atomic E-state index is 4.58. The first-order valence-electron chi connectivity index (χ1n) is 7.86. The second-order valence-electron chi connectivity index (χ2n) is 5.64. The number of hydrogen-bond donors (Lipinski definition) is 1. The lowest BCUT2D eigenvalue weighted by Gasteiger charge is -2.38. The number of rotatable bonds is 3. The summed E-state index contributed by atoms with van der Waals surface area (Å²) in [6.45, 7) is 6.06. The summed E-state index contributed by atoms with van der Waals surface area (Å²) < 4.78 is 4.38. The summed E-state index contributed by atoms with van der Waals surface area (Å²) in [6.07, 6.45) is 4.82. The fourth-order valence-corrected chi connectivity index (χ4v) is 3.46. The number of piperazine rings is 1. The fraction of sp³-hybridized carbons (Fsp3) is 0.786. The molecule has 6 nitrogen and oxygen atoms in total. The van der Waals surface area contributed by atoms with E-state index in [9.17, 15) is 0 Å². The monoisotopic (exact) mass is 436 g/mol. The van der Waals surface area contributed by atoms with E-state index in [4.69, 9.17) is 0 Å².